The summed E-state index contributed by atoms with van der Waals surface area (Å²) < 4.78 is 5.73. The van der Waals surface area contributed by atoms with Crippen LogP contribution in [0, 0.1) is 13.8 Å². The van der Waals surface area contributed by atoms with Crippen LogP contribution in [-0.4, -0.2) is 16.0 Å². The monoisotopic (exact) mass is 257 g/mol. The summed E-state index contributed by atoms with van der Waals surface area (Å²) in [7, 11) is 0. The van der Waals surface area contributed by atoms with Crippen LogP contribution in [0.1, 0.15) is 16.8 Å². The largest absolute Gasteiger partial charge is 0.455 e. The van der Waals surface area contributed by atoms with Crippen molar-refractivity contribution < 1.29 is 9.94 Å². The number of hydrogen-bond acceptors (Lipinski definition) is 4. The summed E-state index contributed by atoms with van der Waals surface area (Å²) in [4.78, 5) is 4.17. The van der Waals surface area contributed by atoms with E-state index in [0.29, 0.717) is 17.1 Å². The molecule has 5 heteroatoms. The minimum atomic E-state index is 0.0756. The summed E-state index contributed by atoms with van der Waals surface area (Å²) in [6, 6.07) is 9.06. The number of rotatable bonds is 3. The maximum absolute atomic E-state index is 8.63. The van der Waals surface area contributed by atoms with Crippen LogP contribution in [0.25, 0.3) is 0 Å². The van der Waals surface area contributed by atoms with Gasteiger partial charge in [-0.05, 0) is 49.7 Å². The molecule has 0 saturated heterocycles. The number of pyridine rings is 1. The highest BCUT2D eigenvalue weighted by atomic mass is 16.5. The van der Waals surface area contributed by atoms with Gasteiger partial charge in [0.25, 0.3) is 0 Å². The lowest BCUT2D eigenvalue weighted by Gasteiger charge is -2.09. The highest BCUT2D eigenvalue weighted by Crippen LogP contribution is 2.25. The molecule has 0 spiro atoms. The lowest BCUT2D eigenvalue weighted by atomic mass is 10.1. The van der Waals surface area contributed by atoms with E-state index in [0.717, 1.165) is 11.3 Å². The molecule has 0 radical (unpaired) electrons. The number of amidine groups is 1. The molecule has 0 unspecified atom stereocenters. The number of nitrogens with two attached hydrogens (primary N) is 1. The summed E-state index contributed by atoms with van der Waals surface area (Å²) in [5, 5.41) is 11.6. The van der Waals surface area contributed by atoms with Crippen LogP contribution >= 0.6 is 0 Å². The molecule has 1 aromatic carbocycles. The minimum absolute atomic E-state index is 0.0756. The van der Waals surface area contributed by atoms with Crippen LogP contribution in [0.3, 0.4) is 0 Å². The molecule has 3 N–H and O–H groups in total. The van der Waals surface area contributed by atoms with Crippen molar-refractivity contribution in [3.8, 4) is 11.5 Å². The first-order chi connectivity index (χ1) is 9.10. The molecular formula is C14H15N3O2. The van der Waals surface area contributed by atoms with Crippen molar-refractivity contribution in [3.05, 3.63) is 53.3 Å². The number of benzene rings is 1. The number of nitrogens with zero attached hydrogens (tertiary/aromatic N) is 2. The molecule has 19 heavy (non-hydrogen) atoms. The highest BCUT2D eigenvalue weighted by molar-refractivity contribution is 5.97. The van der Waals surface area contributed by atoms with Crippen molar-refractivity contribution in [2.45, 2.75) is 13.8 Å². The summed E-state index contributed by atoms with van der Waals surface area (Å²) in [5.74, 6) is 1.46. The van der Waals surface area contributed by atoms with E-state index >= 15 is 0 Å². The van der Waals surface area contributed by atoms with E-state index in [4.69, 9.17) is 15.7 Å². The van der Waals surface area contributed by atoms with Crippen LogP contribution in [0.2, 0.25) is 0 Å². The fourth-order valence-corrected chi connectivity index (χ4v) is 1.62. The Hall–Kier alpha value is -2.56. The Balaban J connectivity index is 2.24. The van der Waals surface area contributed by atoms with E-state index in [1.54, 1.807) is 24.4 Å². The Morgan fingerprint density at radius 2 is 2.05 bits per heavy atom. The summed E-state index contributed by atoms with van der Waals surface area (Å²) in [5.41, 5.74) is 8.01. The average molecular weight is 257 g/mol. The molecule has 2 aromatic rings. The highest BCUT2D eigenvalue weighted by Gasteiger charge is 2.05. The number of hydrogen-bond donors (Lipinski definition) is 2. The van der Waals surface area contributed by atoms with Gasteiger partial charge in [0.15, 0.2) is 5.84 Å². The molecule has 98 valence electrons. The minimum Gasteiger partial charge on any atom is -0.455 e. The number of ether oxygens (including phenoxy) is 1. The molecular weight excluding hydrogens is 242 g/mol. The predicted molar refractivity (Wildman–Crippen MR) is 72.7 cm³/mol. The SMILES string of the molecule is Cc1ccc(Oc2ccc(/C(N)=N/O)cc2C)cn1. The number of aromatic nitrogens is 1. The fraction of sp³-hybridized carbons (Fsp3) is 0.143. The van der Waals surface area contributed by atoms with Crippen molar-refractivity contribution >= 4 is 5.84 Å². The summed E-state index contributed by atoms with van der Waals surface area (Å²) in [6.07, 6.45) is 1.67. The van der Waals surface area contributed by atoms with Crippen LogP contribution in [0.15, 0.2) is 41.7 Å². The molecule has 0 saturated carbocycles. The second-order valence-electron chi connectivity index (χ2n) is 4.20. The van der Waals surface area contributed by atoms with Crippen LogP contribution < -0.4 is 10.5 Å². The molecule has 0 aliphatic rings. The van der Waals surface area contributed by atoms with Crippen molar-refractivity contribution in [1.29, 1.82) is 0 Å². The molecule has 2 rings (SSSR count). The van der Waals surface area contributed by atoms with Gasteiger partial charge in [0.2, 0.25) is 0 Å². The Bertz CT molecular complexity index is 607. The van der Waals surface area contributed by atoms with Gasteiger partial charge in [-0.3, -0.25) is 4.98 Å². The smallest absolute Gasteiger partial charge is 0.170 e. The Labute approximate surface area is 111 Å². The van der Waals surface area contributed by atoms with E-state index in [9.17, 15) is 0 Å². The fourth-order valence-electron chi connectivity index (χ4n) is 1.62. The quantitative estimate of drug-likeness (QED) is 0.383. The van der Waals surface area contributed by atoms with Crippen LogP contribution in [0.4, 0.5) is 0 Å². The first kappa shape index (κ1) is 12.9. The van der Waals surface area contributed by atoms with Crippen LogP contribution in [-0.2, 0) is 0 Å². The second-order valence-corrected chi connectivity index (χ2v) is 4.20. The van der Waals surface area contributed by atoms with Gasteiger partial charge in [0, 0.05) is 11.3 Å². The molecule has 0 aliphatic heterocycles. The van der Waals surface area contributed by atoms with Gasteiger partial charge in [-0.2, -0.15) is 0 Å². The lowest BCUT2D eigenvalue weighted by molar-refractivity contribution is 0.318. The van der Waals surface area contributed by atoms with Gasteiger partial charge < -0.3 is 15.7 Å². The van der Waals surface area contributed by atoms with E-state index in [1.165, 1.54) is 0 Å². The first-order valence-corrected chi connectivity index (χ1v) is 5.79. The van der Waals surface area contributed by atoms with Gasteiger partial charge in [-0.1, -0.05) is 5.16 Å². The molecule has 0 aliphatic carbocycles. The zero-order valence-electron chi connectivity index (χ0n) is 10.8. The predicted octanol–water partition coefficient (Wildman–Crippen LogP) is 2.59. The second kappa shape index (κ2) is 5.39. The van der Waals surface area contributed by atoms with E-state index in [-0.39, 0.29) is 5.84 Å². The lowest BCUT2D eigenvalue weighted by Crippen LogP contribution is -2.13. The van der Waals surface area contributed by atoms with Gasteiger partial charge >= 0.3 is 0 Å². The molecule has 1 heterocycles. The Morgan fingerprint density at radius 3 is 2.63 bits per heavy atom. The maximum atomic E-state index is 8.63. The average Bonchev–Trinajstić information content (AvgIpc) is 2.42. The molecule has 0 amide bonds. The van der Waals surface area contributed by atoms with Crippen molar-refractivity contribution in [1.82, 2.24) is 4.98 Å². The van der Waals surface area contributed by atoms with Crippen LogP contribution in [0.5, 0.6) is 11.5 Å². The van der Waals surface area contributed by atoms with Gasteiger partial charge in [0.05, 0.1) is 6.20 Å². The van der Waals surface area contributed by atoms with Crippen molar-refractivity contribution in [3.63, 3.8) is 0 Å². The number of aryl methyl sites for hydroxylation is 2. The Kier molecular flexibility index (Phi) is 3.66. The van der Waals surface area contributed by atoms with Crippen molar-refractivity contribution in [2.75, 3.05) is 0 Å². The van der Waals surface area contributed by atoms with Crippen molar-refractivity contribution in [2.24, 2.45) is 10.9 Å². The Morgan fingerprint density at radius 1 is 1.26 bits per heavy atom. The van der Waals surface area contributed by atoms with E-state index < -0.39 is 0 Å². The first-order valence-electron chi connectivity index (χ1n) is 5.79. The summed E-state index contributed by atoms with van der Waals surface area (Å²) >= 11 is 0. The standard InChI is InChI=1S/C14H15N3O2/c1-9-7-11(14(15)17-18)4-6-13(9)19-12-5-3-10(2)16-8-12/h3-8,18H,1-2H3,(H2,15,17). The molecule has 0 atom stereocenters. The third kappa shape index (κ3) is 3.01. The normalized spacial score (nSPS) is 11.4. The number of oxime groups is 1. The topological polar surface area (TPSA) is 80.7 Å². The molecule has 0 fully saturated rings. The van der Waals surface area contributed by atoms with Gasteiger partial charge in [-0.25, -0.2) is 0 Å². The zero-order chi connectivity index (χ0) is 13.8. The third-order valence-electron chi connectivity index (χ3n) is 2.69. The van der Waals surface area contributed by atoms with Gasteiger partial charge in [0.1, 0.15) is 11.5 Å². The zero-order valence-corrected chi connectivity index (χ0v) is 10.8. The van der Waals surface area contributed by atoms with Gasteiger partial charge in [-0.15, -0.1) is 0 Å². The molecule has 5 nitrogen and oxygen atoms in total. The summed E-state index contributed by atoms with van der Waals surface area (Å²) in [6.45, 7) is 3.81. The molecule has 0 bridgehead atoms. The van der Waals surface area contributed by atoms with E-state index in [2.05, 4.69) is 10.1 Å². The maximum Gasteiger partial charge on any atom is 0.170 e. The third-order valence-corrected chi connectivity index (χ3v) is 2.69. The molecule has 1 aromatic heterocycles. The van der Waals surface area contributed by atoms with E-state index in [1.807, 2.05) is 26.0 Å².